The summed E-state index contributed by atoms with van der Waals surface area (Å²) >= 11 is 0. The maximum atomic E-state index is 12.4. The SMILES string of the molecule is CC(=O)OC[C@@H]1OC(OC[C@H]2O[C@@H](OC(C#N)c3ccccc3)[C@H](OC(C)=O)[C@@H](OC(C)=O)[C@@H]2OC(C)=O)[C@@H](OC(C)=O)[C@H](OC(C)=O)[C@H]1OC(C)=O. The highest BCUT2D eigenvalue weighted by molar-refractivity contribution is 5.69. The Balaban J connectivity index is 2.08. The van der Waals surface area contributed by atoms with Gasteiger partial charge >= 0.3 is 41.8 Å². The van der Waals surface area contributed by atoms with Crippen LogP contribution in [0.15, 0.2) is 30.3 Å². The molecule has 0 aliphatic carbocycles. The monoisotopic (exact) mass is 751 g/mol. The summed E-state index contributed by atoms with van der Waals surface area (Å²) in [5.41, 5.74) is 0.386. The van der Waals surface area contributed by atoms with E-state index in [0.29, 0.717) is 5.56 Å². The number of rotatable bonds is 14. The van der Waals surface area contributed by atoms with Crippen molar-refractivity contribution in [3.63, 3.8) is 0 Å². The number of benzene rings is 1. The van der Waals surface area contributed by atoms with Crippen molar-refractivity contribution in [2.45, 2.75) is 116 Å². The smallest absolute Gasteiger partial charge is 0.303 e. The van der Waals surface area contributed by atoms with Gasteiger partial charge in [0.1, 0.15) is 18.8 Å². The van der Waals surface area contributed by atoms with Gasteiger partial charge in [-0.25, -0.2) is 0 Å². The van der Waals surface area contributed by atoms with Crippen molar-refractivity contribution in [2.24, 2.45) is 0 Å². The van der Waals surface area contributed by atoms with Gasteiger partial charge in [-0.15, -0.1) is 0 Å². The van der Waals surface area contributed by atoms with Crippen LogP contribution in [0.1, 0.15) is 60.1 Å². The molecule has 19 heteroatoms. The Morgan fingerprint density at radius 3 is 1.40 bits per heavy atom. The average Bonchev–Trinajstić information content (AvgIpc) is 3.05. The molecule has 1 aromatic carbocycles. The van der Waals surface area contributed by atoms with Crippen LogP contribution in [-0.2, 0) is 85.7 Å². The zero-order valence-corrected chi connectivity index (χ0v) is 29.9. The van der Waals surface area contributed by atoms with Crippen LogP contribution in [0.25, 0.3) is 0 Å². The molecule has 11 atom stereocenters. The Morgan fingerprint density at radius 1 is 0.566 bits per heavy atom. The molecule has 2 aliphatic heterocycles. The molecule has 0 amide bonds. The first kappa shape index (κ1) is 42.3. The molecular weight excluding hydrogens is 710 g/mol. The molecule has 3 rings (SSSR count). The minimum Gasteiger partial charge on any atom is -0.463 e. The van der Waals surface area contributed by atoms with Crippen LogP contribution in [0.2, 0.25) is 0 Å². The van der Waals surface area contributed by atoms with Crippen molar-refractivity contribution in [3.05, 3.63) is 35.9 Å². The largest absolute Gasteiger partial charge is 0.463 e. The van der Waals surface area contributed by atoms with Gasteiger partial charge in [-0.05, 0) is 5.56 Å². The third-order valence-electron chi connectivity index (χ3n) is 7.36. The van der Waals surface area contributed by atoms with E-state index >= 15 is 0 Å². The summed E-state index contributed by atoms with van der Waals surface area (Å²) in [6.07, 6.45) is -16.9. The molecule has 0 N–H and O–H groups in total. The lowest BCUT2D eigenvalue weighted by Crippen LogP contribution is -2.65. The van der Waals surface area contributed by atoms with Gasteiger partial charge in [0.05, 0.1) is 12.7 Å². The van der Waals surface area contributed by atoms with Crippen LogP contribution in [-0.4, -0.2) is 116 Å². The van der Waals surface area contributed by atoms with E-state index in [0.717, 1.165) is 48.5 Å². The van der Waals surface area contributed by atoms with Gasteiger partial charge < -0.3 is 52.1 Å². The second-order valence-corrected chi connectivity index (χ2v) is 11.7. The van der Waals surface area contributed by atoms with Crippen LogP contribution >= 0.6 is 0 Å². The first-order valence-electron chi connectivity index (χ1n) is 16.2. The van der Waals surface area contributed by atoms with Gasteiger partial charge in [0.2, 0.25) is 6.29 Å². The molecule has 2 unspecified atom stereocenters. The quantitative estimate of drug-likeness (QED) is 0.189. The number of esters is 7. The molecule has 0 bridgehead atoms. The van der Waals surface area contributed by atoms with Crippen molar-refractivity contribution in [1.82, 2.24) is 0 Å². The highest BCUT2D eigenvalue weighted by Crippen LogP contribution is 2.35. The van der Waals surface area contributed by atoms with E-state index in [-0.39, 0.29) is 0 Å². The molecule has 19 nitrogen and oxygen atoms in total. The summed E-state index contributed by atoms with van der Waals surface area (Å²) < 4.78 is 61.9. The van der Waals surface area contributed by atoms with Crippen molar-refractivity contribution in [1.29, 1.82) is 5.26 Å². The zero-order valence-electron chi connectivity index (χ0n) is 29.9. The molecule has 2 saturated heterocycles. The fourth-order valence-corrected chi connectivity index (χ4v) is 5.56. The normalized spacial score (nSPS) is 28.5. The Hall–Kier alpha value is -5.16. The predicted octanol–water partition coefficient (Wildman–Crippen LogP) is 0.888. The lowest BCUT2D eigenvalue weighted by molar-refractivity contribution is -0.337. The Kier molecular flexibility index (Phi) is 15.6. The van der Waals surface area contributed by atoms with Crippen LogP contribution in [0, 0.1) is 11.3 Å². The van der Waals surface area contributed by atoms with Crippen molar-refractivity contribution in [2.75, 3.05) is 13.2 Å². The number of nitriles is 1. The zero-order chi connectivity index (χ0) is 39.4. The van der Waals surface area contributed by atoms with Gasteiger partial charge in [0, 0.05) is 48.5 Å². The Labute approximate surface area is 303 Å². The maximum absolute atomic E-state index is 12.4. The topological polar surface area (TPSA) is 245 Å². The minimum absolute atomic E-state index is 0.386. The summed E-state index contributed by atoms with van der Waals surface area (Å²) in [4.78, 5) is 85.3. The molecule has 290 valence electrons. The fourth-order valence-electron chi connectivity index (χ4n) is 5.56. The lowest BCUT2D eigenvalue weighted by atomic mass is 9.97. The lowest BCUT2D eigenvalue weighted by Gasteiger charge is -2.46. The summed E-state index contributed by atoms with van der Waals surface area (Å²) in [6, 6.07) is 10.2. The second-order valence-electron chi connectivity index (χ2n) is 11.7. The molecule has 0 spiro atoms. The average molecular weight is 752 g/mol. The summed E-state index contributed by atoms with van der Waals surface area (Å²) in [5, 5.41) is 9.99. The van der Waals surface area contributed by atoms with Gasteiger partial charge in [-0.3, -0.25) is 33.6 Å². The van der Waals surface area contributed by atoms with E-state index in [4.69, 9.17) is 52.1 Å². The highest BCUT2D eigenvalue weighted by atomic mass is 16.8. The number of carbonyl (C=O) groups excluding carboxylic acids is 7. The number of nitrogens with zero attached hydrogens (tertiary/aromatic N) is 1. The Morgan fingerprint density at radius 2 is 0.962 bits per heavy atom. The van der Waals surface area contributed by atoms with E-state index in [2.05, 4.69) is 0 Å². The molecule has 2 aliphatic rings. The number of hydrogen-bond donors (Lipinski definition) is 0. The van der Waals surface area contributed by atoms with Gasteiger partial charge in [0.15, 0.2) is 49.0 Å². The second kappa shape index (κ2) is 19.6. The number of carbonyl (C=O) groups is 7. The van der Waals surface area contributed by atoms with Gasteiger partial charge in [0.25, 0.3) is 0 Å². The van der Waals surface area contributed by atoms with Crippen LogP contribution < -0.4 is 0 Å². The van der Waals surface area contributed by atoms with E-state index in [1.807, 2.05) is 6.07 Å². The van der Waals surface area contributed by atoms with Crippen molar-refractivity contribution >= 4 is 41.8 Å². The van der Waals surface area contributed by atoms with E-state index in [1.165, 1.54) is 0 Å². The first-order chi connectivity index (χ1) is 25.0. The van der Waals surface area contributed by atoms with E-state index in [1.54, 1.807) is 30.3 Å². The summed E-state index contributed by atoms with van der Waals surface area (Å²) in [5.74, 6) is -6.00. The minimum atomic E-state index is -1.69. The van der Waals surface area contributed by atoms with Crippen molar-refractivity contribution < 1.29 is 85.7 Å². The molecule has 0 radical (unpaired) electrons. The number of ether oxygens (including phenoxy) is 11. The summed E-state index contributed by atoms with van der Waals surface area (Å²) in [7, 11) is 0. The number of hydrogen-bond acceptors (Lipinski definition) is 19. The van der Waals surface area contributed by atoms with Gasteiger partial charge in [-0.1, -0.05) is 30.3 Å². The molecular formula is C34H41NO18. The predicted molar refractivity (Wildman–Crippen MR) is 169 cm³/mol. The van der Waals surface area contributed by atoms with Crippen molar-refractivity contribution in [3.8, 4) is 6.07 Å². The van der Waals surface area contributed by atoms with E-state index < -0.39 is 123 Å². The van der Waals surface area contributed by atoms with Gasteiger partial charge in [-0.2, -0.15) is 5.26 Å². The summed E-state index contributed by atoms with van der Waals surface area (Å²) in [6.45, 7) is 6.18. The molecule has 53 heavy (non-hydrogen) atoms. The third kappa shape index (κ3) is 12.5. The van der Waals surface area contributed by atoms with E-state index in [9.17, 15) is 38.8 Å². The molecule has 0 saturated carbocycles. The molecule has 2 heterocycles. The Bertz CT molecular complexity index is 1530. The molecule has 2 fully saturated rings. The first-order valence-corrected chi connectivity index (χ1v) is 16.2. The molecule has 0 aromatic heterocycles. The standard InChI is InChI=1S/C34H41NO18/c1-16(36)43-14-25-27(45-17(2)37)29(47-19(4)39)31(49-21(6)41)33(52-25)44-15-26-28(46-18(3)38)30(48-20(5)40)32(50-22(7)42)34(53-26)51-24(13-35)23-11-9-8-10-12-23/h8-12,24-34H,14-15H2,1-7H3/t24?,25-,26+,27-,28+,29+,30-,31-,32+,33?,34+/m0/s1. The maximum Gasteiger partial charge on any atom is 0.303 e. The van der Waals surface area contributed by atoms with Crippen LogP contribution in [0.3, 0.4) is 0 Å². The van der Waals surface area contributed by atoms with Crippen LogP contribution in [0.4, 0.5) is 0 Å². The van der Waals surface area contributed by atoms with Crippen LogP contribution in [0.5, 0.6) is 0 Å². The third-order valence-corrected chi connectivity index (χ3v) is 7.36. The fraction of sp³-hybridized carbons (Fsp3) is 0.588. The molecule has 1 aromatic rings. The highest BCUT2D eigenvalue weighted by Gasteiger charge is 2.56.